The van der Waals surface area contributed by atoms with Crippen molar-refractivity contribution in [3.8, 4) is 11.8 Å². The van der Waals surface area contributed by atoms with E-state index in [-0.39, 0.29) is 0 Å². The minimum Gasteiger partial charge on any atom is -0.497 e. The molecule has 0 unspecified atom stereocenters. The van der Waals surface area contributed by atoms with E-state index < -0.39 is 0 Å². The van der Waals surface area contributed by atoms with E-state index in [9.17, 15) is 5.26 Å². The molecular formula is C21H16ClN3O. The molecule has 0 aliphatic rings. The number of pyridine rings is 1. The van der Waals surface area contributed by atoms with Gasteiger partial charge in [-0.1, -0.05) is 35.9 Å². The first-order chi connectivity index (χ1) is 12.6. The largest absolute Gasteiger partial charge is 0.497 e. The Labute approximate surface area is 156 Å². The molecule has 5 heteroatoms. The van der Waals surface area contributed by atoms with Gasteiger partial charge < -0.3 is 4.74 Å². The Bertz CT molecular complexity index is 1170. The number of ether oxygens (including phenoxy) is 1. The number of aromatic nitrogens is 2. The van der Waals surface area contributed by atoms with Crippen LogP contribution in [0.1, 0.15) is 22.3 Å². The Hall–Kier alpha value is -3.03. The van der Waals surface area contributed by atoms with Crippen LogP contribution in [0.4, 0.5) is 0 Å². The summed E-state index contributed by atoms with van der Waals surface area (Å²) in [5.74, 6) is 0.810. The van der Waals surface area contributed by atoms with Gasteiger partial charge in [-0.25, -0.2) is 4.98 Å². The quantitative estimate of drug-likeness (QED) is 0.486. The molecule has 128 valence electrons. The molecule has 0 saturated carbocycles. The Balaban J connectivity index is 1.96. The average Bonchev–Trinajstić information content (AvgIpc) is 3.05. The maximum absolute atomic E-state index is 9.73. The van der Waals surface area contributed by atoms with Gasteiger partial charge in [-0.05, 0) is 47.9 Å². The van der Waals surface area contributed by atoms with Crippen molar-refractivity contribution in [2.45, 2.75) is 13.3 Å². The van der Waals surface area contributed by atoms with Crippen molar-refractivity contribution in [1.29, 1.82) is 5.26 Å². The summed E-state index contributed by atoms with van der Waals surface area (Å²) in [7, 11) is 1.65. The van der Waals surface area contributed by atoms with Crippen molar-refractivity contribution in [3.63, 3.8) is 0 Å². The number of fused-ring (bicyclic) bond motifs is 3. The molecule has 0 atom stereocenters. The van der Waals surface area contributed by atoms with E-state index in [0.29, 0.717) is 22.8 Å². The summed E-state index contributed by atoms with van der Waals surface area (Å²) < 4.78 is 7.09. The molecular weight excluding hydrogens is 346 g/mol. The van der Waals surface area contributed by atoms with E-state index in [1.54, 1.807) is 7.11 Å². The van der Waals surface area contributed by atoms with Gasteiger partial charge in [0.05, 0.1) is 23.7 Å². The monoisotopic (exact) mass is 361 g/mol. The second-order valence-corrected chi connectivity index (χ2v) is 6.52. The fraction of sp³-hybridized carbons (Fsp3) is 0.143. The summed E-state index contributed by atoms with van der Waals surface area (Å²) in [5, 5.41) is 10.3. The van der Waals surface area contributed by atoms with Gasteiger partial charge in [0, 0.05) is 6.42 Å². The van der Waals surface area contributed by atoms with Crippen LogP contribution in [0.25, 0.3) is 16.7 Å². The SMILES string of the molecule is COc1ccc(Cc2c(C)c(C#N)c3nc4ccccc4n3c2Cl)cc1. The zero-order valence-corrected chi connectivity index (χ0v) is 15.2. The highest BCUT2D eigenvalue weighted by atomic mass is 35.5. The van der Waals surface area contributed by atoms with Crippen molar-refractivity contribution in [2.24, 2.45) is 0 Å². The van der Waals surface area contributed by atoms with Gasteiger partial charge in [-0.3, -0.25) is 4.40 Å². The fourth-order valence-electron chi connectivity index (χ4n) is 3.29. The third-order valence-corrected chi connectivity index (χ3v) is 5.11. The molecule has 0 spiro atoms. The molecule has 26 heavy (non-hydrogen) atoms. The zero-order valence-electron chi connectivity index (χ0n) is 14.5. The summed E-state index contributed by atoms with van der Waals surface area (Å²) in [6, 6.07) is 18.0. The topological polar surface area (TPSA) is 50.3 Å². The van der Waals surface area contributed by atoms with Crippen molar-refractivity contribution in [1.82, 2.24) is 9.38 Å². The number of imidazole rings is 1. The molecule has 0 aliphatic carbocycles. The highest BCUT2D eigenvalue weighted by Gasteiger charge is 2.19. The number of hydrogen-bond acceptors (Lipinski definition) is 3. The first kappa shape index (κ1) is 16.4. The molecule has 0 amide bonds. The first-order valence-corrected chi connectivity index (χ1v) is 8.63. The number of para-hydroxylation sites is 2. The van der Waals surface area contributed by atoms with Crippen LogP contribution in [0.2, 0.25) is 5.15 Å². The Kier molecular flexibility index (Phi) is 4.02. The molecule has 0 bridgehead atoms. The van der Waals surface area contributed by atoms with Gasteiger partial charge in [0.1, 0.15) is 17.0 Å². The van der Waals surface area contributed by atoms with Crippen LogP contribution in [-0.4, -0.2) is 16.5 Å². The standard InChI is InChI=1S/C21H16ClN3O/c1-13-16(11-14-7-9-15(26-2)10-8-14)20(22)25-19-6-4-3-5-18(19)24-21(25)17(13)12-23/h3-10H,11H2,1-2H3. The maximum atomic E-state index is 9.73. The van der Waals surface area contributed by atoms with Crippen LogP contribution in [-0.2, 0) is 6.42 Å². The number of halogens is 1. The molecule has 4 nitrogen and oxygen atoms in total. The van der Waals surface area contributed by atoms with Crippen LogP contribution in [0.3, 0.4) is 0 Å². The van der Waals surface area contributed by atoms with Gasteiger partial charge in [0.25, 0.3) is 0 Å². The Morgan fingerprint density at radius 2 is 1.88 bits per heavy atom. The van der Waals surface area contributed by atoms with Gasteiger partial charge in [-0.2, -0.15) is 5.26 Å². The van der Waals surface area contributed by atoms with Gasteiger partial charge in [0.15, 0.2) is 5.65 Å². The third-order valence-electron chi connectivity index (χ3n) is 4.71. The second-order valence-electron chi connectivity index (χ2n) is 6.17. The lowest BCUT2D eigenvalue weighted by molar-refractivity contribution is 0.414. The Morgan fingerprint density at radius 3 is 2.58 bits per heavy atom. The number of hydrogen-bond donors (Lipinski definition) is 0. The van der Waals surface area contributed by atoms with Crippen molar-refractivity contribution >= 4 is 28.3 Å². The van der Waals surface area contributed by atoms with E-state index in [1.165, 1.54) is 0 Å². The van der Waals surface area contributed by atoms with Gasteiger partial charge >= 0.3 is 0 Å². The van der Waals surface area contributed by atoms with Crippen LogP contribution in [0.5, 0.6) is 5.75 Å². The van der Waals surface area contributed by atoms with E-state index in [1.807, 2.05) is 59.9 Å². The summed E-state index contributed by atoms with van der Waals surface area (Å²) in [4.78, 5) is 4.62. The lowest BCUT2D eigenvalue weighted by Gasteiger charge is -2.13. The molecule has 2 aromatic carbocycles. The van der Waals surface area contributed by atoms with E-state index in [2.05, 4.69) is 11.1 Å². The second kappa shape index (κ2) is 6.36. The normalized spacial score (nSPS) is 11.0. The molecule has 0 radical (unpaired) electrons. The number of rotatable bonds is 3. The summed E-state index contributed by atoms with van der Waals surface area (Å²) in [6.07, 6.45) is 0.631. The Morgan fingerprint density at radius 1 is 1.15 bits per heavy atom. The van der Waals surface area contributed by atoms with Crippen LogP contribution in [0, 0.1) is 18.3 Å². The van der Waals surface area contributed by atoms with Crippen molar-refractivity contribution < 1.29 is 4.74 Å². The zero-order chi connectivity index (χ0) is 18.3. The summed E-state index contributed by atoms with van der Waals surface area (Å²) in [5.41, 5.74) is 5.80. The number of nitrogens with zero attached hydrogens (tertiary/aromatic N) is 3. The molecule has 0 aliphatic heterocycles. The van der Waals surface area contributed by atoms with E-state index in [0.717, 1.165) is 33.5 Å². The highest BCUT2D eigenvalue weighted by molar-refractivity contribution is 6.31. The molecule has 0 fully saturated rings. The minimum absolute atomic E-state index is 0.564. The lowest BCUT2D eigenvalue weighted by atomic mass is 9.99. The molecule has 4 rings (SSSR count). The third kappa shape index (κ3) is 2.49. The summed E-state index contributed by atoms with van der Waals surface area (Å²) in [6.45, 7) is 1.93. The molecule has 2 heterocycles. The predicted molar refractivity (Wildman–Crippen MR) is 103 cm³/mol. The maximum Gasteiger partial charge on any atom is 0.157 e. The average molecular weight is 362 g/mol. The molecule has 2 aromatic heterocycles. The first-order valence-electron chi connectivity index (χ1n) is 8.25. The van der Waals surface area contributed by atoms with Crippen molar-refractivity contribution in [3.05, 3.63) is 75.9 Å². The van der Waals surface area contributed by atoms with Gasteiger partial charge in [0.2, 0.25) is 0 Å². The number of nitriles is 1. The lowest BCUT2D eigenvalue weighted by Crippen LogP contribution is -2.03. The summed E-state index contributed by atoms with van der Waals surface area (Å²) >= 11 is 6.79. The van der Waals surface area contributed by atoms with Crippen molar-refractivity contribution in [2.75, 3.05) is 7.11 Å². The van der Waals surface area contributed by atoms with Crippen LogP contribution >= 0.6 is 11.6 Å². The van der Waals surface area contributed by atoms with Gasteiger partial charge in [-0.15, -0.1) is 0 Å². The van der Waals surface area contributed by atoms with E-state index >= 15 is 0 Å². The minimum atomic E-state index is 0.564. The number of methoxy groups -OCH3 is 1. The smallest absolute Gasteiger partial charge is 0.157 e. The molecule has 0 saturated heterocycles. The van der Waals surface area contributed by atoms with E-state index in [4.69, 9.17) is 16.3 Å². The molecule has 0 N–H and O–H groups in total. The molecule has 4 aromatic rings. The highest BCUT2D eigenvalue weighted by Crippen LogP contribution is 2.32. The fourth-order valence-corrected chi connectivity index (χ4v) is 3.67. The van der Waals surface area contributed by atoms with Crippen LogP contribution < -0.4 is 4.74 Å². The number of benzene rings is 2. The predicted octanol–water partition coefficient (Wildman–Crippen LogP) is 4.92. The van der Waals surface area contributed by atoms with Crippen LogP contribution in [0.15, 0.2) is 48.5 Å².